The van der Waals surface area contributed by atoms with Gasteiger partial charge in [-0.2, -0.15) is 0 Å². The van der Waals surface area contributed by atoms with Crippen molar-refractivity contribution in [2.75, 3.05) is 23.9 Å². The molecule has 0 bridgehead atoms. The molecule has 0 spiro atoms. The van der Waals surface area contributed by atoms with Crippen molar-refractivity contribution in [3.63, 3.8) is 0 Å². The number of aryl methyl sites for hydroxylation is 1. The van der Waals surface area contributed by atoms with Gasteiger partial charge in [-0.25, -0.2) is 9.97 Å². The molecule has 1 aromatic heterocycles. The predicted octanol–water partition coefficient (Wildman–Crippen LogP) is 1.22. The van der Waals surface area contributed by atoms with Crippen LogP contribution in [0.5, 0.6) is 0 Å². The summed E-state index contributed by atoms with van der Waals surface area (Å²) in [6.07, 6.45) is 5.10. The van der Waals surface area contributed by atoms with Crippen LogP contribution in [0.25, 0.3) is 0 Å². The van der Waals surface area contributed by atoms with Gasteiger partial charge in [0.1, 0.15) is 12.1 Å². The molecule has 15 heavy (non-hydrogen) atoms. The molecule has 0 fully saturated rings. The van der Waals surface area contributed by atoms with Crippen molar-refractivity contribution < 1.29 is 4.21 Å². The molecule has 0 saturated heterocycles. The molecular formula is C10H17N3OS. The van der Waals surface area contributed by atoms with Gasteiger partial charge in [-0.05, 0) is 12.8 Å². The van der Waals surface area contributed by atoms with Crippen LogP contribution >= 0.6 is 0 Å². The lowest BCUT2D eigenvalue weighted by molar-refractivity contribution is 0.685. The first-order valence-corrected chi connectivity index (χ1v) is 6.80. The lowest BCUT2D eigenvalue weighted by Gasteiger charge is -2.05. The maximum Gasteiger partial charge on any atom is 0.129 e. The molecule has 5 heteroatoms. The Balaban J connectivity index is 2.33. The van der Waals surface area contributed by atoms with Crippen molar-refractivity contribution in [2.24, 2.45) is 0 Å². The van der Waals surface area contributed by atoms with Gasteiger partial charge in [0, 0.05) is 41.1 Å². The first-order chi connectivity index (χ1) is 7.22. The highest BCUT2D eigenvalue weighted by Gasteiger charge is 1.96. The van der Waals surface area contributed by atoms with Gasteiger partial charge in [0.25, 0.3) is 0 Å². The van der Waals surface area contributed by atoms with Gasteiger partial charge >= 0.3 is 0 Å². The lowest BCUT2D eigenvalue weighted by atomic mass is 10.3. The smallest absolute Gasteiger partial charge is 0.129 e. The van der Waals surface area contributed by atoms with E-state index in [9.17, 15) is 4.21 Å². The Kier molecular flexibility index (Phi) is 5.25. The van der Waals surface area contributed by atoms with Crippen LogP contribution in [0.4, 0.5) is 5.82 Å². The normalized spacial score (nSPS) is 12.4. The third-order valence-corrected chi connectivity index (χ3v) is 2.86. The molecule has 4 nitrogen and oxygen atoms in total. The summed E-state index contributed by atoms with van der Waals surface area (Å²) in [6, 6.07) is 1.95. The van der Waals surface area contributed by atoms with Crippen molar-refractivity contribution in [1.29, 1.82) is 0 Å². The molecule has 1 N–H and O–H groups in total. The fourth-order valence-corrected chi connectivity index (χ4v) is 1.73. The Morgan fingerprint density at radius 3 is 2.93 bits per heavy atom. The second-order valence-corrected chi connectivity index (χ2v) is 4.86. The van der Waals surface area contributed by atoms with E-state index in [0.29, 0.717) is 0 Å². The Morgan fingerprint density at radius 1 is 1.47 bits per heavy atom. The van der Waals surface area contributed by atoms with Gasteiger partial charge in [-0.1, -0.05) is 6.92 Å². The summed E-state index contributed by atoms with van der Waals surface area (Å²) >= 11 is 0. The second kappa shape index (κ2) is 6.50. The van der Waals surface area contributed by atoms with Gasteiger partial charge in [-0.15, -0.1) is 0 Å². The summed E-state index contributed by atoms with van der Waals surface area (Å²) in [6.45, 7) is 2.87. The minimum atomic E-state index is -0.702. The average molecular weight is 227 g/mol. The molecule has 0 aliphatic rings. The summed E-state index contributed by atoms with van der Waals surface area (Å²) < 4.78 is 10.8. The van der Waals surface area contributed by atoms with Crippen LogP contribution in [0, 0.1) is 0 Å². The number of nitrogens with one attached hydrogen (secondary N) is 1. The molecule has 84 valence electrons. The van der Waals surface area contributed by atoms with Crippen LogP contribution < -0.4 is 5.32 Å². The highest BCUT2D eigenvalue weighted by Crippen LogP contribution is 2.04. The van der Waals surface area contributed by atoms with E-state index in [0.717, 1.165) is 36.7 Å². The Hall–Kier alpha value is -0.970. The van der Waals surface area contributed by atoms with E-state index < -0.39 is 10.8 Å². The molecule has 1 heterocycles. The molecule has 1 atom stereocenters. The van der Waals surface area contributed by atoms with Gasteiger partial charge < -0.3 is 5.32 Å². The number of nitrogens with zero attached hydrogens (tertiary/aromatic N) is 2. The van der Waals surface area contributed by atoms with Crippen LogP contribution in [0.15, 0.2) is 12.4 Å². The molecule has 0 radical (unpaired) electrons. The fourth-order valence-electron chi connectivity index (χ4n) is 1.18. The van der Waals surface area contributed by atoms with Gasteiger partial charge in [0.2, 0.25) is 0 Å². The van der Waals surface area contributed by atoms with E-state index in [1.165, 1.54) is 0 Å². The first-order valence-electron chi connectivity index (χ1n) is 5.07. The monoisotopic (exact) mass is 227 g/mol. The predicted molar refractivity (Wildman–Crippen MR) is 63.5 cm³/mol. The Morgan fingerprint density at radius 2 is 2.27 bits per heavy atom. The van der Waals surface area contributed by atoms with Crippen molar-refractivity contribution >= 4 is 16.6 Å². The Bertz CT molecular complexity index is 330. The van der Waals surface area contributed by atoms with E-state index in [1.807, 2.05) is 6.07 Å². The van der Waals surface area contributed by atoms with Gasteiger partial charge in [-0.3, -0.25) is 4.21 Å². The van der Waals surface area contributed by atoms with Crippen LogP contribution in [0.1, 0.15) is 19.0 Å². The fraction of sp³-hybridized carbons (Fsp3) is 0.600. The highest BCUT2D eigenvalue weighted by molar-refractivity contribution is 7.84. The van der Waals surface area contributed by atoms with E-state index >= 15 is 0 Å². The molecule has 1 unspecified atom stereocenters. The average Bonchev–Trinajstić information content (AvgIpc) is 2.24. The number of anilines is 1. The van der Waals surface area contributed by atoms with E-state index in [2.05, 4.69) is 22.2 Å². The van der Waals surface area contributed by atoms with Crippen LogP contribution in [-0.4, -0.2) is 32.7 Å². The lowest BCUT2D eigenvalue weighted by Crippen LogP contribution is -2.07. The molecule has 0 aliphatic heterocycles. The van der Waals surface area contributed by atoms with Crippen LogP contribution in [0.2, 0.25) is 0 Å². The maximum absolute atomic E-state index is 10.8. The maximum atomic E-state index is 10.8. The first kappa shape index (κ1) is 12.1. The number of aromatic nitrogens is 2. The van der Waals surface area contributed by atoms with E-state index in [1.54, 1.807) is 12.6 Å². The molecular weight excluding hydrogens is 210 g/mol. The number of rotatable bonds is 6. The zero-order chi connectivity index (χ0) is 11.1. The summed E-state index contributed by atoms with van der Waals surface area (Å²) in [7, 11) is -0.702. The molecule has 1 aromatic rings. The summed E-state index contributed by atoms with van der Waals surface area (Å²) in [5.74, 6) is 1.59. The van der Waals surface area contributed by atoms with E-state index in [4.69, 9.17) is 0 Å². The topological polar surface area (TPSA) is 54.9 Å². The largest absolute Gasteiger partial charge is 0.370 e. The second-order valence-electron chi connectivity index (χ2n) is 3.31. The van der Waals surface area contributed by atoms with Crippen molar-refractivity contribution in [1.82, 2.24) is 9.97 Å². The van der Waals surface area contributed by atoms with E-state index in [-0.39, 0.29) is 0 Å². The summed E-state index contributed by atoms with van der Waals surface area (Å²) in [5, 5.41) is 3.19. The number of hydrogen-bond donors (Lipinski definition) is 1. The van der Waals surface area contributed by atoms with Gasteiger partial charge in [0.05, 0.1) is 0 Å². The molecule has 0 aliphatic carbocycles. The summed E-state index contributed by atoms with van der Waals surface area (Å²) in [4.78, 5) is 8.22. The third-order valence-electron chi connectivity index (χ3n) is 2.00. The molecule has 0 aromatic carbocycles. The zero-order valence-electron chi connectivity index (χ0n) is 9.19. The minimum Gasteiger partial charge on any atom is -0.370 e. The van der Waals surface area contributed by atoms with Crippen molar-refractivity contribution in [3.8, 4) is 0 Å². The van der Waals surface area contributed by atoms with Crippen molar-refractivity contribution in [3.05, 3.63) is 18.1 Å². The SMILES string of the molecule is CCc1cc(NCCCS(C)=O)ncn1. The molecule has 0 amide bonds. The highest BCUT2D eigenvalue weighted by atomic mass is 32.2. The quantitative estimate of drug-likeness (QED) is 0.742. The third kappa shape index (κ3) is 4.88. The van der Waals surface area contributed by atoms with Gasteiger partial charge in [0.15, 0.2) is 0 Å². The zero-order valence-corrected chi connectivity index (χ0v) is 10.0. The van der Waals surface area contributed by atoms with Crippen LogP contribution in [0.3, 0.4) is 0 Å². The van der Waals surface area contributed by atoms with Crippen molar-refractivity contribution in [2.45, 2.75) is 19.8 Å². The summed E-state index contributed by atoms with van der Waals surface area (Å²) in [5.41, 5.74) is 1.03. The Labute approximate surface area is 93.0 Å². The number of hydrogen-bond acceptors (Lipinski definition) is 4. The standard InChI is InChI=1S/C10H17N3OS/c1-3-9-7-10(13-8-12-9)11-5-4-6-15(2)14/h7-8H,3-6H2,1-2H3,(H,11,12,13). The van der Waals surface area contributed by atoms with Crippen LogP contribution in [-0.2, 0) is 17.2 Å². The molecule has 0 saturated carbocycles. The molecule has 1 rings (SSSR count). The minimum absolute atomic E-state index is 0.702.